The second kappa shape index (κ2) is 8.21. The van der Waals surface area contributed by atoms with Crippen LogP contribution in [0.2, 0.25) is 0 Å². The van der Waals surface area contributed by atoms with Crippen LogP contribution in [0.3, 0.4) is 0 Å². The molecule has 0 aliphatic rings. The average Bonchev–Trinajstić information content (AvgIpc) is 2.82. The first-order valence-electron chi connectivity index (χ1n) is 7.08. The number of thiazole rings is 1. The molecule has 2 unspecified atom stereocenters. The van der Waals surface area contributed by atoms with Gasteiger partial charge >= 0.3 is 0 Å². The minimum atomic E-state index is -0.525. The third-order valence-corrected chi connectivity index (χ3v) is 4.16. The van der Waals surface area contributed by atoms with Crippen LogP contribution in [-0.4, -0.2) is 34.7 Å². The van der Waals surface area contributed by atoms with Gasteiger partial charge in [0, 0.05) is 18.0 Å². The molecule has 0 aliphatic carbocycles. The fraction of sp³-hybridized carbons (Fsp3) is 0.714. The fourth-order valence-electron chi connectivity index (χ4n) is 1.63. The van der Waals surface area contributed by atoms with Gasteiger partial charge in [-0.05, 0) is 19.8 Å². The minimum Gasteiger partial charge on any atom is -0.392 e. The summed E-state index contributed by atoms with van der Waals surface area (Å²) in [6.07, 6.45) is 0.847. The van der Waals surface area contributed by atoms with Crippen LogP contribution in [-0.2, 0) is 11.2 Å². The summed E-state index contributed by atoms with van der Waals surface area (Å²) in [4.78, 5) is 16.0. The van der Waals surface area contributed by atoms with Crippen LogP contribution in [0.15, 0.2) is 5.38 Å². The van der Waals surface area contributed by atoms with Gasteiger partial charge in [-0.15, -0.1) is 11.3 Å². The summed E-state index contributed by atoms with van der Waals surface area (Å²) in [5.41, 5.74) is 0.761. The second-order valence-corrected chi connectivity index (χ2v) is 6.15. The Labute approximate surface area is 124 Å². The summed E-state index contributed by atoms with van der Waals surface area (Å²) >= 11 is 1.52. The molecule has 5 nitrogen and oxygen atoms in total. The lowest BCUT2D eigenvalue weighted by Gasteiger charge is -2.18. The number of aliphatic hydroxyl groups excluding tert-OH is 1. The van der Waals surface area contributed by atoms with E-state index in [0.717, 1.165) is 17.2 Å². The Balaban J connectivity index is 2.45. The molecule has 0 saturated heterocycles. The normalized spacial score (nSPS) is 15.4. The van der Waals surface area contributed by atoms with E-state index in [9.17, 15) is 4.79 Å². The lowest BCUT2D eigenvalue weighted by molar-refractivity contribution is -0.120. The highest BCUT2D eigenvalue weighted by Gasteiger charge is 2.13. The van der Waals surface area contributed by atoms with E-state index in [0.29, 0.717) is 12.0 Å². The van der Waals surface area contributed by atoms with E-state index in [1.807, 2.05) is 5.38 Å². The van der Waals surface area contributed by atoms with Crippen LogP contribution in [0.5, 0.6) is 0 Å². The molecule has 0 aromatic carbocycles. The zero-order valence-electron chi connectivity index (χ0n) is 12.6. The summed E-state index contributed by atoms with van der Waals surface area (Å²) in [5.74, 6) is 0.467. The molecule has 0 saturated carbocycles. The molecular weight excluding hydrogens is 274 g/mol. The fourth-order valence-corrected chi connectivity index (χ4v) is 2.44. The van der Waals surface area contributed by atoms with Crippen molar-refractivity contribution in [1.82, 2.24) is 10.3 Å². The molecule has 0 spiro atoms. The van der Waals surface area contributed by atoms with E-state index in [2.05, 4.69) is 36.4 Å². The molecule has 114 valence electrons. The van der Waals surface area contributed by atoms with Gasteiger partial charge in [-0.2, -0.15) is 0 Å². The molecule has 1 aromatic rings. The molecule has 6 heteroatoms. The molecule has 0 radical (unpaired) electrons. The first kappa shape index (κ1) is 16.9. The van der Waals surface area contributed by atoms with Crippen molar-refractivity contribution in [2.75, 3.05) is 11.9 Å². The van der Waals surface area contributed by atoms with Crippen molar-refractivity contribution in [2.45, 2.75) is 52.7 Å². The van der Waals surface area contributed by atoms with Crippen LogP contribution in [0.4, 0.5) is 5.13 Å². The smallest absolute Gasteiger partial charge is 0.226 e. The molecule has 0 aliphatic heterocycles. The maximum atomic E-state index is 11.6. The number of carbonyl (C=O) groups is 1. The zero-order chi connectivity index (χ0) is 15.1. The van der Waals surface area contributed by atoms with Crippen molar-refractivity contribution < 1.29 is 9.90 Å². The lowest BCUT2D eigenvalue weighted by atomic mass is 10.0. The van der Waals surface area contributed by atoms with Crippen LogP contribution in [0.1, 0.15) is 39.8 Å². The number of nitrogens with zero attached hydrogens (tertiary/aromatic N) is 1. The van der Waals surface area contributed by atoms with Crippen LogP contribution >= 0.6 is 11.3 Å². The summed E-state index contributed by atoms with van der Waals surface area (Å²) in [5, 5.41) is 17.9. The minimum absolute atomic E-state index is 0.113. The second-order valence-electron chi connectivity index (χ2n) is 5.29. The van der Waals surface area contributed by atoms with E-state index in [1.165, 1.54) is 11.3 Å². The largest absolute Gasteiger partial charge is 0.392 e. The molecular formula is C14H25N3O2S. The summed E-state index contributed by atoms with van der Waals surface area (Å²) < 4.78 is 0. The average molecular weight is 299 g/mol. The Kier molecular flexibility index (Phi) is 6.95. The van der Waals surface area contributed by atoms with Crippen molar-refractivity contribution >= 4 is 22.4 Å². The van der Waals surface area contributed by atoms with E-state index in [4.69, 9.17) is 5.11 Å². The quantitative estimate of drug-likeness (QED) is 0.686. The molecule has 3 N–H and O–H groups in total. The Hall–Kier alpha value is -1.14. The standard InChI is InChI=1S/C14H25N3O2S/c1-5-9(2)11(4)16-14-17-12(8-20-14)6-13(19)15-7-10(3)18/h8-11,18H,5-7H2,1-4H3,(H,15,19)(H,16,17)/t9?,10-,11?/m1/s1. The Morgan fingerprint density at radius 2 is 2.15 bits per heavy atom. The van der Waals surface area contributed by atoms with Gasteiger partial charge in [-0.1, -0.05) is 20.3 Å². The summed E-state index contributed by atoms with van der Waals surface area (Å²) in [6, 6.07) is 0.364. The van der Waals surface area contributed by atoms with Crippen molar-refractivity contribution in [3.8, 4) is 0 Å². The SMILES string of the molecule is CCC(C)C(C)Nc1nc(CC(=O)NC[C@@H](C)O)cs1. The van der Waals surface area contributed by atoms with Crippen molar-refractivity contribution in [3.63, 3.8) is 0 Å². The van der Waals surface area contributed by atoms with E-state index < -0.39 is 6.10 Å². The third kappa shape index (κ3) is 5.88. The molecule has 1 rings (SSSR count). The predicted molar refractivity (Wildman–Crippen MR) is 83.0 cm³/mol. The highest BCUT2D eigenvalue weighted by molar-refractivity contribution is 7.13. The molecule has 1 amide bonds. The van der Waals surface area contributed by atoms with Gasteiger partial charge < -0.3 is 15.7 Å². The maximum Gasteiger partial charge on any atom is 0.226 e. The highest BCUT2D eigenvalue weighted by Crippen LogP contribution is 2.19. The van der Waals surface area contributed by atoms with Crippen LogP contribution in [0, 0.1) is 5.92 Å². The van der Waals surface area contributed by atoms with E-state index in [-0.39, 0.29) is 18.9 Å². The molecule has 0 fully saturated rings. The topological polar surface area (TPSA) is 74.2 Å². The van der Waals surface area contributed by atoms with Gasteiger partial charge in [0.05, 0.1) is 18.2 Å². The van der Waals surface area contributed by atoms with Gasteiger partial charge in [-0.25, -0.2) is 4.98 Å². The van der Waals surface area contributed by atoms with E-state index >= 15 is 0 Å². The van der Waals surface area contributed by atoms with Crippen molar-refractivity contribution in [3.05, 3.63) is 11.1 Å². The van der Waals surface area contributed by atoms with Gasteiger partial charge in [0.2, 0.25) is 5.91 Å². The number of hydrogen-bond donors (Lipinski definition) is 3. The first-order chi connectivity index (χ1) is 9.42. The predicted octanol–water partition coefficient (Wildman–Crippen LogP) is 2.03. The molecule has 1 heterocycles. The first-order valence-corrected chi connectivity index (χ1v) is 7.96. The molecule has 20 heavy (non-hydrogen) atoms. The Bertz CT molecular complexity index is 420. The number of aliphatic hydroxyl groups is 1. The zero-order valence-corrected chi connectivity index (χ0v) is 13.5. The van der Waals surface area contributed by atoms with Gasteiger partial charge in [0.15, 0.2) is 5.13 Å². The van der Waals surface area contributed by atoms with E-state index in [1.54, 1.807) is 6.92 Å². The van der Waals surface area contributed by atoms with Crippen LogP contribution in [0.25, 0.3) is 0 Å². The number of amides is 1. The lowest BCUT2D eigenvalue weighted by Crippen LogP contribution is -2.31. The summed E-state index contributed by atoms with van der Waals surface area (Å²) in [6.45, 7) is 8.43. The number of carbonyl (C=O) groups excluding carboxylic acids is 1. The number of rotatable bonds is 8. The Morgan fingerprint density at radius 3 is 2.75 bits per heavy atom. The molecule has 1 aromatic heterocycles. The van der Waals surface area contributed by atoms with Gasteiger partial charge in [0.25, 0.3) is 0 Å². The van der Waals surface area contributed by atoms with Gasteiger partial charge in [0.1, 0.15) is 0 Å². The number of anilines is 1. The van der Waals surface area contributed by atoms with Gasteiger partial charge in [-0.3, -0.25) is 4.79 Å². The number of hydrogen-bond acceptors (Lipinski definition) is 5. The molecule has 0 bridgehead atoms. The van der Waals surface area contributed by atoms with Crippen molar-refractivity contribution in [2.24, 2.45) is 5.92 Å². The van der Waals surface area contributed by atoms with Crippen molar-refractivity contribution in [1.29, 1.82) is 0 Å². The Morgan fingerprint density at radius 1 is 1.45 bits per heavy atom. The maximum absolute atomic E-state index is 11.6. The number of nitrogens with one attached hydrogen (secondary N) is 2. The monoisotopic (exact) mass is 299 g/mol. The third-order valence-electron chi connectivity index (χ3n) is 3.34. The summed E-state index contributed by atoms with van der Waals surface area (Å²) in [7, 11) is 0. The number of aromatic nitrogens is 1. The molecule has 3 atom stereocenters. The van der Waals surface area contributed by atoms with Crippen LogP contribution < -0.4 is 10.6 Å². The highest BCUT2D eigenvalue weighted by atomic mass is 32.1.